The number of sulfonamides is 1. The molecule has 4 rings (SSSR count). The number of aromatic nitrogens is 1. The third kappa shape index (κ3) is 5.55. The van der Waals surface area contributed by atoms with Crippen molar-refractivity contribution in [2.45, 2.75) is 25.3 Å². The first kappa shape index (κ1) is 24.5. The second-order valence-electron chi connectivity index (χ2n) is 8.67. The number of benzene rings is 2. The van der Waals surface area contributed by atoms with Crippen LogP contribution in [0, 0.1) is 13.8 Å². The first-order valence-electron chi connectivity index (χ1n) is 11.3. The summed E-state index contributed by atoms with van der Waals surface area (Å²) in [5.74, 6) is -0.172. The van der Waals surface area contributed by atoms with Crippen LogP contribution >= 0.6 is 11.3 Å². The highest BCUT2D eigenvalue weighted by molar-refractivity contribution is 7.89. The third-order valence-corrected chi connectivity index (χ3v) is 8.97. The van der Waals surface area contributed by atoms with Gasteiger partial charge in [-0.15, -0.1) is 11.3 Å². The summed E-state index contributed by atoms with van der Waals surface area (Å²) in [4.78, 5) is 21.8. The van der Waals surface area contributed by atoms with Crippen LogP contribution in [-0.4, -0.2) is 73.2 Å². The highest BCUT2D eigenvalue weighted by Crippen LogP contribution is 2.24. The van der Waals surface area contributed by atoms with E-state index < -0.39 is 10.0 Å². The van der Waals surface area contributed by atoms with Crippen molar-refractivity contribution < 1.29 is 13.2 Å². The Kier molecular flexibility index (Phi) is 7.47. The molecule has 1 aromatic heterocycles. The molecule has 34 heavy (non-hydrogen) atoms. The van der Waals surface area contributed by atoms with Crippen molar-refractivity contribution in [2.75, 3.05) is 39.8 Å². The van der Waals surface area contributed by atoms with Crippen molar-refractivity contribution in [3.05, 3.63) is 70.7 Å². The smallest absolute Gasteiger partial charge is 0.243 e. The summed E-state index contributed by atoms with van der Waals surface area (Å²) in [7, 11) is -2.25. The van der Waals surface area contributed by atoms with Gasteiger partial charge in [-0.1, -0.05) is 36.4 Å². The molecule has 9 heteroatoms. The molecule has 0 radical (unpaired) electrons. The maximum Gasteiger partial charge on any atom is 0.243 e. The summed E-state index contributed by atoms with van der Waals surface area (Å²) < 4.78 is 27.0. The van der Waals surface area contributed by atoms with E-state index >= 15 is 0 Å². The number of hydrogen-bond acceptors (Lipinski definition) is 6. The molecule has 1 amide bonds. The molecule has 180 valence electrons. The predicted molar refractivity (Wildman–Crippen MR) is 135 cm³/mol. The second kappa shape index (κ2) is 10.4. The number of amides is 1. The van der Waals surface area contributed by atoms with E-state index in [1.165, 1.54) is 7.05 Å². The lowest BCUT2D eigenvalue weighted by molar-refractivity contribution is -0.133. The molecule has 0 spiro atoms. The minimum Gasteiger partial charge on any atom is -0.339 e. The van der Waals surface area contributed by atoms with Crippen LogP contribution < -0.4 is 0 Å². The van der Waals surface area contributed by atoms with Crippen LogP contribution in [0.15, 0.2) is 58.8 Å². The molecule has 7 nitrogen and oxygen atoms in total. The highest BCUT2D eigenvalue weighted by atomic mass is 32.2. The second-order valence-corrected chi connectivity index (χ2v) is 11.6. The Hall–Kier alpha value is -2.59. The van der Waals surface area contributed by atoms with Crippen LogP contribution in [0.2, 0.25) is 0 Å². The molecule has 1 saturated heterocycles. The molecule has 0 bridgehead atoms. The molecule has 0 N–H and O–H groups in total. The van der Waals surface area contributed by atoms with E-state index in [1.54, 1.807) is 34.4 Å². The molecule has 2 aromatic carbocycles. The molecule has 0 unspecified atom stereocenters. The lowest BCUT2D eigenvalue weighted by atomic mass is 10.1. The van der Waals surface area contributed by atoms with Crippen molar-refractivity contribution in [3.63, 3.8) is 0 Å². The summed E-state index contributed by atoms with van der Waals surface area (Å²) in [6, 6.07) is 15.2. The average Bonchev–Trinajstić information content (AvgIpc) is 3.30. The summed E-state index contributed by atoms with van der Waals surface area (Å²) in [5.41, 5.74) is 4.09. The van der Waals surface area contributed by atoms with E-state index in [9.17, 15) is 13.2 Å². The molecular formula is C25H30N4O3S2. The third-order valence-electron chi connectivity index (χ3n) is 6.23. The topological polar surface area (TPSA) is 73.8 Å². The number of rotatable bonds is 7. The van der Waals surface area contributed by atoms with Gasteiger partial charge in [-0.05, 0) is 37.1 Å². The van der Waals surface area contributed by atoms with Gasteiger partial charge in [0.2, 0.25) is 15.9 Å². The zero-order valence-electron chi connectivity index (χ0n) is 19.8. The van der Waals surface area contributed by atoms with Crippen LogP contribution in [0.25, 0.3) is 10.6 Å². The summed E-state index contributed by atoms with van der Waals surface area (Å²) >= 11 is 1.64. The van der Waals surface area contributed by atoms with Gasteiger partial charge in [0.05, 0.1) is 17.1 Å². The van der Waals surface area contributed by atoms with E-state index in [1.807, 2.05) is 32.0 Å². The number of nitrogens with zero attached hydrogens (tertiary/aromatic N) is 4. The minimum absolute atomic E-state index is 0.165. The van der Waals surface area contributed by atoms with E-state index in [0.717, 1.165) is 51.3 Å². The largest absolute Gasteiger partial charge is 0.339 e. The van der Waals surface area contributed by atoms with Crippen LogP contribution in [0.3, 0.4) is 0 Å². The van der Waals surface area contributed by atoms with Gasteiger partial charge in [-0.2, -0.15) is 4.31 Å². The first-order chi connectivity index (χ1) is 16.2. The van der Waals surface area contributed by atoms with Crippen molar-refractivity contribution in [2.24, 2.45) is 0 Å². The standard InChI is InChI=1S/C25H30N4O3S2/c1-19-9-10-23(15-20(19)2)34(31,32)27(3)17-24(30)29-13-11-28(12-14-29)16-22-18-33-25(26-22)21-7-5-4-6-8-21/h4-10,15,18H,11-14,16-17H2,1-3H3. The Bertz CT molecular complexity index is 1250. The number of piperazine rings is 1. The Morgan fingerprint density at radius 2 is 1.74 bits per heavy atom. The van der Waals surface area contributed by atoms with Gasteiger partial charge >= 0.3 is 0 Å². The van der Waals surface area contributed by atoms with Gasteiger partial charge in [-0.25, -0.2) is 13.4 Å². The van der Waals surface area contributed by atoms with Gasteiger partial charge in [0.1, 0.15) is 5.01 Å². The zero-order valence-corrected chi connectivity index (χ0v) is 21.4. The molecular weight excluding hydrogens is 468 g/mol. The number of carbonyl (C=O) groups is 1. The molecule has 1 aliphatic rings. The summed E-state index contributed by atoms with van der Waals surface area (Å²) in [6.07, 6.45) is 0. The molecule has 2 heterocycles. The quantitative estimate of drug-likeness (QED) is 0.499. The van der Waals surface area contributed by atoms with Gasteiger partial charge in [0.25, 0.3) is 0 Å². The Morgan fingerprint density at radius 1 is 1.03 bits per heavy atom. The maximum atomic E-state index is 12.9. The van der Waals surface area contributed by atoms with Gasteiger partial charge in [0.15, 0.2) is 0 Å². The van der Waals surface area contributed by atoms with Crippen LogP contribution in [-0.2, 0) is 21.4 Å². The first-order valence-corrected chi connectivity index (χ1v) is 13.6. The molecule has 0 aliphatic carbocycles. The fraction of sp³-hybridized carbons (Fsp3) is 0.360. The maximum absolute atomic E-state index is 12.9. The Balaban J connectivity index is 1.29. The number of carbonyl (C=O) groups excluding carboxylic acids is 1. The summed E-state index contributed by atoms with van der Waals surface area (Å²) in [5, 5.41) is 3.10. The average molecular weight is 499 g/mol. The van der Waals surface area contributed by atoms with E-state index in [4.69, 9.17) is 4.98 Å². The normalized spacial score (nSPS) is 15.1. The molecule has 0 atom stereocenters. The van der Waals surface area contributed by atoms with E-state index in [-0.39, 0.29) is 17.3 Å². The van der Waals surface area contributed by atoms with Gasteiger partial charge in [-0.3, -0.25) is 9.69 Å². The summed E-state index contributed by atoms with van der Waals surface area (Å²) in [6.45, 7) is 7.02. The van der Waals surface area contributed by atoms with Crippen molar-refractivity contribution in [3.8, 4) is 10.6 Å². The number of aryl methyl sites for hydroxylation is 2. The molecule has 1 aliphatic heterocycles. The van der Waals surface area contributed by atoms with Crippen molar-refractivity contribution in [1.29, 1.82) is 0 Å². The van der Waals surface area contributed by atoms with E-state index in [0.29, 0.717) is 13.1 Å². The highest BCUT2D eigenvalue weighted by Gasteiger charge is 2.27. The van der Waals surface area contributed by atoms with E-state index in [2.05, 4.69) is 22.4 Å². The van der Waals surface area contributed by atoms with Crippen molar-refractivity contribution in [1.82, 2.24) is 19.1 Å². The minimum atomic E-state index is -3.72. The van der Waals surface area contributed by atoms with Crippen LogP contribution in [0.1, 0.15) is 16.8 Å². The van der Waals surface area contributed by atoms with Crippen LogP contribution in [0.4, 0.5) is 0 Å². The van der Waals surface area contributed by atoms with Crippen LogP contribution in [0.5, 0.6) is 0 Å². The fourth-order valence-electron chi connectivity index (χ4n) is 3.91. The zero-order chi connectivity index (χ0) is 24.3. The number of hydrogen-bond donors (Lipinski definition) is 0. The molecule has 3 aromatic rings. The molecule has 0 saturated carbocycles. The van der Waals surface area contributed by atoms with Gasteiger partial charge < -0.3 is 4.90 Å². The Labute approximate surface area is 205 Å². The fourth-order valence-corrected chi connectivity index (χ4v) is 5.93. The predicted octanol–water partition coefficient (Wildman–Crippen LogP) is 3.39. The van der Waals surface area contributed by atoms with Gasteiger partial charge in [0, 0.05) is 50.7 Å². The lowest BCUT2D eigenvalue weighted by Gasteiger charge is -2.35. The monoisotopic (exact) mass is 498 g/mol. The lowest BCUT2D eigenvalue weighted by Crippen LogP contribution is -2.51. The van der Waals surface area contributed by atoms with Crippen molar-refractivity contribution >= 4 is 27.3 Å². The molecule has 1 fully saturated rings. The number of thiazole rings is 1. The number of likely N-dealkylation sites (N-methyl/N-ethyl adjacent to an activating group) is 1. The Morgan fingerprint density at radius 3 is 2.41 bits per heavy atom. The SMILES string of the molecule is Cc1ccc(S(=O)(=O)N(C)CC(=O)N2CCN(Cc3csc(-c4ccccc4)n3)CC2)cc1C.